The number of hydrogen-bond donors (Lipinski definition) is 2. The molecule has 2 N–H and O–H groups in total. The summed E-state index contributed by atoms with van der Waals surface area (Å²) in [6.07, 6.45) is 0.256. The molecule has 1 fully saturated rings. The van der Waals surface area contributed by atoms with E-state index < -0.39 is 5.97 Å². The van der Waals surface area contributed by atoms with E-state index in [1.54, 1.807) is 12.1 Å². The van der Waals surface area contributed by atoms with E-state index in [0.717, 1.165) is 0 Å². The van der Waals surface area contributed by atoms with E-state index in [4.69, 9.17) is 10.2 Å². The number of carbonyl (C=O) groups is 2. The highest BCUT2D eigenvalue weighted by molar-refractivity contribution is 9.10. The van der Waals surface area contributed by atoms with Crippen molar-refractivity contribution in [1.82, 2.24) is 0 Å². The minimum atomic E-state index is -1.08. The molecule has 1 aromatic rings. The van der Waals surface area contributed by atoms with Gasteiger partial charge in [-0.25, -0.2) is 4.79 Å². The summed E-state index contributed by atoms with van der Waals surface area (Å²) in [5.74, 6) is -1.35. The molecular weight excluding hydrogens is 302 g/mol. The Kier molecular flexibility index (Phi) is 3.68. The molecule has 18 heavy (non-hydrogen) atoms. The number of aliphatic hydroxyl groups is 1. The van der Waals surface area contributed by atoms with Crippen molar-refractivity contribution in [2.24, 2.45) is 5.92 Å². The Hall–Kier alpha value is -1.40. The van der Waals surface area contributed by atoms with Crippen LogP contribution in [0.4, 0.5) is 5.69 Å². The average molecular weight is 314 g/mol. The number of nitrogens with zero attached hydrogens (tertiary/aromatic N) is 1. The van der Waals surface area contributed by atoms with E-state index in [1.807, 2.05) is 0 Å². The maximum absolute atomic E-state index is 11.8. The molecule has 1 heterocycles. The van der Waals surface area contributed by atoms with Gasteiger partial charge in [-0.05, 0) is 18.2 Å². The maximum atomic E-state index is 11.8. The van der Waals surface area contributed by atoms with Crippen molar-refractivity contribution in [3.63, 3.8) is 0 Å². The number of anilines is 1. The first-order chi connectivity index (χ1) is 8.52. The molecule has 0 radical (unpaired) electrons. The number of carboxylic acids is 1. The standard InChI is InChI=1S/C12H12BrNO4/c13-8-1-2-10(9(4-8)12(17)18)14-5-7(6-15)3-11(14)16/h1-2,4,7,15H,3,5-6H2,(H,17,18). The molecule has 0 bridgehead atoms. The van der Waals surface area contributed by atoms with Gasteiger partial charge in [0.1, 0.15) is 0 Å². The SMILES string of the molecule is O=C(O)c1cc(Br)ccc1N1CC(CO)CC1=O. The first-order valence-corrected chi connectivity index (χ1v) is 6.26. The zero-order valence-electron chi connectivity index (χ0n) is 9.47. The minimum Gasteiger partial charge on any atom is -0.478 e. The highest BCUT2D eigenvalue weighted by Crippen LogP contribution is 2.30. The molecule has 2 rings (SSSR count). The molecule has 1 amide bonds. The molecule has 6 heteroatoms. The van der Waals surface area contributed by atoms with Crippen molar-refractivity contribution in [2.45, 2.75) is 6.42 Å². The Labute approximate surface area is 112 Å². The van der Waals surface area contributed by atoms with Crippen LogP contribution < -0.4 is 4.90 Å². The van der Waals surface area contributed by atoms with Gasteiger partial charge in [0.05, 0.1) is 11.3 Å². The van der Waals surface area contributed by atoms with Crippen LogP contribution in [0.25, 0.3) is 0 Å². The number of rotatable bonds is 3. The topological polar surface area (TPSA) is 77.8 Å². The van der Waals surface area contributed by atoms with Gasteiger partial charge in [0, 0.05) is 30.0 Å². The van der Waals surface area contributed by atoms with Crippen molar-refractivity contribution in [1.29, 1.82) is 0 Å². The van der Waals surface area contributed by atoms with E-state index in [1.165, 1.54) is 11.0 Å². The van der Waals surface area contributed by atoms with Crippen LogP contribution in [0.1, 0.15) is 16.8 Å². The van der Waals surface area contributed by atoms with Gasteiger partial charge in [0.25, 0.3) is 0 Å². The number of carbonyl (C=O) groups excluding carboxylic acids is 1. The Morgan fingerprint density at radius 2 is 2.22 bits per heavy atom. The molecule has 1 atom stereocenters. The van der Waals surface area contributed by atoms with Gasteiger partial charge in [-0.15, -0.1) is 0 Å². The normalized spacial score (nSPS) is 19.3. The van der Waals surface area contributed by atoms with E-state index in [2.05, 4.69) is 15.9 Å². The summed E-state index contributed by atoms with van der Waals surface area (Å²) in [6.45, 7) is 0.290. The summed E-state index contributed by atoms with van der Waals surface area (Å²) >= 11 is 3.21. The number of amides is 1. The molecular formula is C12H12BrNO4. The van der Waals surface area contributed by atoms with Crippen molar-refractivity contribution in [3.05, 3.63) is 28.2 Å². The van der Waals surface area contributed by atoms with Gasteiger partial charge in [-0.3, -0.25) is 4.79 Å². The lowest BCUT2D eigenvalue weighted by Crippen LogP contribution is -2.26. The van der Waals surface area contributed by atoms with E-state index in [0.29, 0.717) is 16.7 Å². The maximum Gasteiger partial charge on any atom is 0.337 e. The lowest BCUT2D eigenvalue weighted by atomic mass is 10.1. The number of benzene rings is 1. The number of halogens is 1. The van der Waals surface area contributed by atoms with Crippen LogP contribution in [-0.2, 0) is 4.79 Å². The lowest BCUT2D eigenvalue weighted by molar-refractivity contribution is -0.117. The predicted molar refractivity (Wildman–Crippen MR) is 68.6 cm³/mol. The van der Waals surface area contributed by atoms with Gasteiger partial charge in [-0.2, -0.15) is 0 Å². The van der Waals surface area contributed by atoms with E-state index in [-0.39, 0.29) is 30.4 Å². The second kappa shape index (κ2) is 5.07. The average Bonchev–Trinajstić information content (AvgIpc) is 2.70. The number of aliphatic hydroxyl groups excluding tert-OH is 1. The molecule has 0 aliphatic carbocycles. The van der Waals surface area contributed by atoms with E-state index in [9.17, 15) is 9.59 Å². The van der Waals surface area contributed by atoms with Crippen molar-refractivity contribution < 1.29 is 19.8 Å². The first-order valence-electron chi connectivity index (χ1n) is 5.47. The van der Waals surface area contributed by atoms with Gasteiger partial charge < -0.3 is 15.1 Å². The summed E-state index contributed by atoms with van der Waals surface area (Å²) in [4.78, 5) is 24.4. The second-order valence-electron chi connectivity index (χ2n) is 4.22. The third-order valence-electron chi connectivity index (χ3n) is 2.94. The Bertz CT molecular complexity index is 503. The fourth-order valence-electron chi connectivity index (χ4n) is 2.05. The molecule has 0 spiro atoms. The second-order valence-corrected chi connectivity index (χ2v) is 5.14. The number of hydrogen-bond acceptors (Lipinski definition) is 3. The third-order valence-corrected chi connectivity index (χ3v) is 3.44. The van der Waals surface area contributed by atoms with Crippen LogP contribution in [0.5, 0.6) is 0 Å². The van der Waals surface area contributed by atoms with Crippen LogP contribution in [0.3, 0.4) is 0 Å². The fourth-order valence-corrected chi connectivity index (χ4v) is 2.41. The van der Waals surface area contributed by atoms with Gasteiger partial charge in [0.15, 0.2) is 0 Å². The largest absolute Gasteiger partial charge is 0.478 e. The quantitative estimate of drug-likeness (QED) is 0.886. The monoisotopic (exact) mass is 313 g/mol. The first kappa shape index (κ1) is 13.0. The van der Waals surface area contributed by atoms with Gasteiger partial charge in [0.2, 0.25) is 5.91 Å². The highest BCUT2D eigenvalue weighted by Gasteiger charge is 2.32. The third kappa shape index (κ3) is 2.39. The van der Waals surface area contributed by atoms with E-state index >= 15 is 0 Å². The Morgan fingerprint density at radius 1 is 1.50 bits per heavy atom. The molecule has 1 aliphatic rings. The summed E-state index contributed by atoms with van der Waals surface area (Å²) in [6, 6.07) is 4.77. The molecule has 96 valence electrons. The number of aromatic carboxylic acids is 1. The smallest absolute Gasteiger partial charge is 0.337 e. The number of carboxylic acid groups (broad SMARTS) is 1. The van der Waals surface area contributed by atoms with Crippen LogP contribution in [0.2, 0.25) is 0 Å². The minimum absolute atomic E-state index is 0.0683. The highest BCUT2D eigenvalue weighted by atomic mass is 79.9. The summed E-state index contributed by atoms with van der Waals surface area (Å²) < 4.78 is 0.647. The van der Waals surface area contributed by atoms with Crippen molar-refractivity contribution in [3.8, 4) is 0 Å². The summed E-state index contributed by atoms with van der Waals surface area (Å²) in [7, 11) is 0. The van der Waals surface area contributed by atoms with Crippen LogP contribution in [-0.4, -0.2) is 35.2 Å². The molecule has 1 saturated heterocycles. The van der Waals surface area contributed by atoms with Crippen molar-refractivity contribution in [2.75, 3.05) is 18.1 Å². The van der Waals surface area contributed by atoms with Crippen LogP contribution >= 0.6 is 15.9 Å². The van der Waals surface area contributed by atoms with Crippen LogP contribution in [0, 0.1) is 5.92 Å². The molecule has 1 aromatic carbocycles. The summed E-state index contributed by atoms with van der Waals surface area (Å²) in [5.41, 5.74) is 0.461. The van der Waals surface area contributed by atoms with Gasteiger partial charge in [-0.1, -0.05) is 15.9 Å². The zero-order valence-corrected chi connectivity index (χ0v) is 11.1. The molecule has 1 unspecified atom stereocenters. The van der Waals surface area contributed by atoms with Gasteiger partial charge >= 0.3 is 5.97 Å². The fraction of sp³-hybridized carbons (Fsp3) is 0.333. The van der Waals surface area contributed by atoms with Crippen molar-refractivity contribution >= 4 is 33.5 Å². The zero-order chi connectivity index (χ0) is 13.3. The molecule has 0 saturated carbocycles. The molecule has 1 aliphatic heterocycles. The lowest BCUT2D eigenvalue weighted by Gasteiger charge is -2.18. The van der Waals surface area contributed by atoms with Crippen LogP contribution in [0.15, 0.2) is 22.7 Å². The molecule has 5 nitrogen and oxygen atoms in total. The predicted octanol–water partition coefficient (Wildman–Crippen LogP) is 1.49. The summed E-state index contributed by atoms with van der Waals surface area (Å²) in [5, 5.41) is 18.2. The Balaban J connectivity index is 2.39. The molecule has 0 aromatic heterocycles. The Morgan fingerprint density at radius 3 is 2.78 bits per heavy atom.